The van der Waals surface area contributed by atoms with Gasteiger partial charge >= 0.3 is 5.97 Å². The van der Waals surface area contributed by atoms with Gasteiger partial charge in [-0.1, -0.05) is 60.1 Å². The number of rotatable bonds is 4. The lowest BCUT2D eigenvalue weighted by Gasteiger charge is -2.71. The first kappa shape index (κ1) is 33.8. The number of carboxylic acid groups (broad SMARTS) is 1. The summed E-state index contributed by atoms with van der Waals surface area (Å²) in [6.07, 6.45) is 1.79. The smallest absolute Gasteiger partial charge is 0.312 e. The molecule has 1 heterocycles. The molecule has 0 aromatic carbocycles. The highest BCUT2D eigenvalue weighted by Gasteiger charge is 2.71. The Kier molecular flexibility index (Phi) is 8.05. The molecule has 6 rings (SSSR count). The van der Waals surface area contributed by atoms with Crippen molar-refractivity contribution in [1.29, 1.82) is 0 Å². The molecule has 256 valence electrons. The van der Waals surface area contributed by atoms with Crippen molar-refractivity contribution in [2.45, 2.75) is 149 Å². The highest BCUT2D eigenvalue weighted by atomic mass is 16.7. The molecule has 3 unspecified atom stereocenters. The van der Waals surface area contributed by atoms with E-state index in [1.165, 1.54) is 5.57 Å². The van der Waals surface area contributed by atoms with Crippen molar-refractivity contribution in [2.24, 2.45) is 50.2 Å². The maximum absolute atomic E-state index is 13.0. The van der Waals surface area contributed by atoms with Crippen LogP contribution in [0.2, 0.25) is 0 Å². The van der Waals surface area contributed by atoms with Crippen LogP contribution >= 0.6 is 0 Å². The van der Waals surface area contributed by atoms with Crippen molar-refractivity contribution in [3.8, 4) is 0 Å². The van der Waals surface area contributed by atoms with Gasteiger partial charge in [-0.05, 0) is 103 Å². The Balaban J connectivity index is 1.31. The lowest BCUT2D eigenvalue weighted by Crippen LogP contribution is -2.68. The van der Waals surface area contributed by atoms with Crippen LogP contribution in [0.4, 0.5) is 0 Å². The summed E-state index contributed by atoms with van der Waals surface area (Å²) < 4.78 is 12.2. The fraction of sp³-hybridized carbons (Fsp3) is 0.917. The number of hydrogen-bond acceptors (Lipinski definition) is 8. The van der Waals surface area contributed by atoms with Gasteiger partial charge in [0.1, 0.15) is 29.8 Å². The maximum atomic E-state index is 13.0. The van der Waals surface area contributed by atoms with Gasteiger partial charge in [-0.25, -0.2) is 0 Å². The van der Waals surface area contributed by atoms with Crippen LogP contribution in [0.15, 0.2) is 11.6 Å². The first-order valence-corrected chi connectivity index (χ1v) is 17.4. The number of aliphatic hydroxyl groups excluding tert-OH is 5. The standard InChI is InChI=1S/C36H58O9/c1-31(2)14-15-36(30(42)43)20(16-31)19-8-9-23-33(5)12-11-25(45-29-28(41)27(40)26(39)21(18-37)44-29)32(3,4)22(33)10-13-34(23,6)35(19,7)17-24(36)38/h8,20-29,37-41H,9-18H2,1-7H3,(H,42,43)/t20?,21-,22?,23?,24-,25+,26-,27+,28-,29+,33+,34-,35-,36-/m1/s1. The van der Waals surface area contributed by atoms with Gasteiger partial charge in [0.2, 0.25) is 0 Å². The number of carboxylic acids is 1. The van der Waals surface area contributed by atoms with Gasteiger partial charge < -0.3 is 40.1 Å². The molecular formula is C36H58O9. The van der Waals surface area contributed by atoms with E-state index in [-0.39, 0.29) is 39.1 Å². The summed E-state index contributed by atoms with van der Waals surface area (Å²) >= 11 is 0. The van der Waals surface area contributed by atoms with E-state index in [4.69, 9.17) is 9.47 Å². The molecule has 1 aliphatic heterocycles. The molecular weight excluding hydrogens is 576 g/mol. The van der Waals surface area contributed by atoms with Crippen LogP contribution in [0.25, 0.3) is 0 Å². The Bertz CT molecular complexity index is 1210. The van der Waals surface area contributed by atoms with Gasteiger partial charge in [-0.2, -0.15) is 0 Å². The quantitative estimate of drug-likeness (QED) is 0.199. The van der Waals surface area contributed by atoms with Crippen LogP contribution in [0.3, 0.4) is 0 Å². The molecule has 5 aliphatic carbocycles. The molecule has 5 fully saturated rings. The molecule has 0 aromatic rings. The Labute approximate surface area is 268 Å². The van der Waals surface area contributed by atoms with Crippen LogP contribution in [0.5, 0.6) is 0 Å². The van der Waals surface area contributed by atoms with Crippen molar-refractivity contribution in [3.63, 3.8) is 0 Å². The van der Waals surface area contributed by atoms with Crippen LogP contribution in [0, 0.1) is 50.2 Å². The summed E-state index contributed by atoms with van der Waals surface area (Å²) in [6.45, 7) is 15.6. The Morgan fingerprint density at radius 2 is 1.58 bits per heavy atom. The monoisotopic (exact) mass is 634 g/mol. The summed E-state index contributed by atoms with van der Waals surface area (Å²) in [5.41, 5.74) is -0.571. The molecule has 0 radical (unpaired) electrons. The van der Waals surface area contributed by atoms with Crippen molar-refractivity contribution >= 4 is 5.97 Å². The average Bonchev–Trinajstić information content (AvgIpc) is 2.94. The molecule has 6 aliphatic rings. The molecule has 4 saturated carbocycles. The predicted molar refractivity (Wildman–Crippen MR) is 167 cm³/mol. The number of ether oxygens (including phenoxy) is 2. The number of aliphatic carboxylic acids is 1. The van der Waals surface area contributed by atoms with Crippen molar-refractivity contribution in [2.75, 3.05) is 6.61 Å². The third kappa shape index (κ3) is 4.54. The van der Waals surface area contributed by atoms with E-state index in [1.54, 1.807) is 0 Å². The van der Waals surface area contributed by atoms with Crippen molar-refractivity contribution in [3.05, 3.63) is 11.6 Å². The van der Waals surface area contributed by atoms with Crippen LogP contribution < -0.4 is 0 Å². The summed E-state index contributed by atoms with van der Waals surface area (Å²) in [5.74, 6) is -0.382. The Morgan fingerprint density at radius 1 is 0.889 bits per heavy atom. The second kappa shape index (κ2) is 10.7. The zero-order valence-corrected chi connectivity index (χ0v) is 28.3. The van der Waals surface area contributed by atoms with Gasteiger partial charge in [-0.15, -0.1) is 0 Å². The second-order valence-corrected chi connectivity index (χ2v) is 18.0. The number of fused-ring (bicyclic) bond motifs is 7. The van der Waals surface area contributed by atoms with E-state index in [0.29, 0.717) is 24.7 Å². The largest absolute Gasteiger partial charge is 0.481 e. The van der Waals surface area contributed by atoms with Gasteiger partial charge in [0.15, 0.2) is 6.29 Å². The normalized spacial score (nSPS) is 53.6. The maximum Gasteiger partial charge on any atom is 0.312 e. The lowest BCUT2D eigenvalue weighted by molar-refractivity contribution is -0.330. The zero-order chi connectivity index (χ0) is 33.1. The molecule has 0 amide bonds. The van der Waals surface area contributed by atoms with E-state index in [1.807, 2.05) is 0 Å². The van der Waals surface area contributed by atoms with Crippen LogP contribution in [0.1, 0.15) is 106 Å². The predicted octanol–water partition coefficient (Wildman–Crippen LogP) is 4.03. The van der Waals surface area contributed by atoms with Gasteiger partial charge in [0.25, 0.3) is 0 Å². The molecule has 9 heteroatoms. The number of allylic oxidation sites excluding steroid dienone is 2. The van der Waals surface area contributed by atoms with Gasteiger partial charge in [-0.3, -0.25) is 4.79 Å². The minimum Gasteiger partial charge on any atom is -0.481 e. The Morgan fingerprint density at radius 3 is 2.22 bits per heavy atom. The highest BCUT2D eigenvalue weighted by Crippen LogP contribution is 2.76. The molecule has 1 saturated heterocycles. The SMILES string of the molecule is CC1(C)CC[C@@]2(C(=O)O)C(C1)C1=CCC3[C@@]4(C)CC[C@H](O[C@@H]5O[C@H](CO)[C@@H](O)[C@H](O)[C@H]5O)C(C)(C)C4CC[C@@]3(C)[C@]1(C)C[C@H]2O. The van der Waals surface area contributed by atoms with E-state index in [2.05, 4.69) is 54.5 Å². The van der Waals surface area contributed by atoms with Gasteiger partial charge in [0.05, 0.1) is 18.8 Å². The molecule has 0 bridgehead atoms. The van der Waals surface area contributed by atoms with Crippen LogP contribution in [-0.2, 0) is 14.3 Å². The summed E-state index contributed by atoms with van der Waals surface area (Å²) in [6, 6.07) is 0. The van der Waals surface area contributed by atoms with E-state index in [9.17, 15) is 35.4 Å². The fourth-order valence-electron chi connectivity index (χ4n) is 12.3. The molecule has 0 aromatic heterocycles. The molecule has 6 N–H and O–H groups in total. The minimum absolute atomic E-state index is 0.0210. The first-order chi connectivity index (χ1) is 20.8. The number of aliphatic hydroxyl groups is 5. The van der Waals surface area contributed by atoms with Crippen LogP contribution in [-0.4, -0.2) is 86.1 Å². The molecule has 14 atom stereocenters. The van der Waals surface area contributed by atoms with E-state index < -0.39 is 54.8 Å². The summed E-state index contributed by atoms with van der Waals surface area (Å²) in [5, 5.41) is 63.5. The van der Waals surface area contributed by atoms with Crippen molar-refractivity contribution < 1.29 is 44.9 Å². The molecule has 9 nitrogen and oxygen atoms in total. The third-order valence-electron chi connectivity index (χ3n) is 15.2. The molecule has 45 heavy (non-hydrogen) atoms. The van der Waals surface area contributed by atoms with Crippen molar-refractivity contribution in [1.82, 2.24) is 0 Å². The first-order valence-electron chi connectivity index (χ1n) is 17.4. The molecule has 0 spiro atoms. The highest BCUT2D eigenvalue weighted by molar-refractivity contribution is 5.77. The number of carbonyl (C=O) groups is 1. The Hall–Kier alpha value is -1.07. The lowest BCUT2D eigenvalue weighted by atomic mass is 9.33. The number of hydrogen-bond donors (Lipinski definition) is 6. The second-order valence-electron chi connectivity index (χ2n) is 18.0. The summed E-state index contributed by atoms with van der Waals surface area (Å²) in [4.78, 5) is 13.0. The fourth-order valence-corrected chi connectivity index (χ4v) is 12.3. The minimum atomic E-state index is -1.47. The average molecular weight is 635 g/mol. The topological polar surface area (TPSA) is 157 Å². The summed E-state index contributed by atoms with van der Waals surface area (Å²) in [7, 11) is 0. The van der Waals surface area contributed by atoms with Gasteiger partial charge in [0, 0.05) is 0 Å². The van der Waals surface area contributed by atoms with E-state index in [0.717, 1.165) is 44.9 Å². The third-order valence-corrected chi connectivity index (χ3v) is 15.2. The zero-order valence-electron chi connectivity index (χ0n) is 28.3. The van der Waals surface area contributed by atoms with E-state index >= 15 is 0 Å².